The number of nitrogens with one attached hydrogen (secondary N) is 1. The van der Waals surface area contributed by atoms with E-state index in [-0.39, 0.29) is 12.0 Å². The smallest absolute Gasteiger partial charge is 0.326 e. The molecule has 0 saturated heterocycles. The van der Waals surface area contributed by atoms with Crippen molar-refractivity contribution in [1.82, 2.24) is 5.32 Å². The molecule has 0 spiro atoms. The normalized spacial score (nSPS) is 11.7. The van der Waals surface area contributed by atoms with Gasteiger partial charge in [0.2, 0.25) is 0 Å². The van der Waals surface area contributed by atoms with Crippen LogP contribution in [0.5, 0.6) is 0 Å². The van der Waals surface area contributed by atoms with Crippen LogP contribution in [0.1, 0.15) is 22.3 Å². The molecule has 0 saturated carbocycles. The van der Waals surface area contributed by atoms with E-state index in [2.05, 4.69) is 5.32 Å². The summed E-state index contributed by atoms with van der Waals surface area (Å²) in [5, 5.41) is 11.5. The van der Waals surface area contributed by atoms with Crippen molar-refractivity contribution >= 4 is 11.9 Å². The first-order valence-electron chi connectivity index (χ1n) is 6.99. The molecule has 0 aromatic heterocycles. The minimum Gasteiger partial charge on any atom is -0.480 e. The molecule has 0 aliphatic rings. The van der Waals surface area contributed by atoms with E-state index in [0.717, 1.165) is 17.7 Å². The van der Waals surface area contributed by atoms with Crippen LogP contribution in [0.25, 0.3) is 0 Å². The third-order valence-corrected chi connectivity index (χ3v) is 3.29. The maximum absolute atomic E-state index is 13.1. The van der Waals surface area contributed by atoms with E-state index in [9.17, 15) is 23.5 Å². The topological polar surface area (TPSA) is 66.4 Å². The molecule has 0 unspecified atom stereocenters. The van der Waals surface area contributed by atoms with Gasteiger partial charge in [-0.3, -0.25) is 4.79 Å². The van der Waals surface area contributed by atoms with Crippen molar-refractivity contribution in [2.24, 2.45) is 0 Å². The van der Waals surface area contributed by atoms with Crippen LogP contribution < -0.4 is 5.32 Å². The second-order valence-corrected chi connectivity index (χ2v) is 5.05. The molecule has 1 amide bonds. The van der Waals surface area contributed by atoms with Crippen LogP contribution in [0.2, 0.25) is 0 Å². The molecule has 4 nitrogen and oxygen atoms in total. The first-order valence-corrected chi connectivity index (χ1v) is 6.99. The minimum atomic E-state index is -1.20. The van der Waals surface area contributed by atoms with Gasteiger partial charge in [-0.15, -0.1) is 0 Å². The number of amides is 1. The molecular formula is C17H15F2NO3. The summed E-state index contributed by atoms with van der Waals surface area (Å²) in [5.74, 6) is -3.83. The maximum Gasteiger partial charge on any atom is 0.326 e. The monoisotopic (exact) mass is 319 g/mol. The summed E-state index contributed by atoms with van der Waals surface area (Å²) in [5.41, 5.74) is 0.679. The van der Waals surface area contributed by atoms with E-state index >= 15 is 0 Å². The second-order valence-electron chi connectivity index (χ2n) is 5.05. The molecule has 0 aliphatic heterocycles. The van der Waals surface area contributed by atoms with Gasteiger partial charge in [0.05, 0.1) is 0 Å². The molecule has 2 aromatic carbocycles. The van der Waals surface area contributed by atoms with Crippen LogP contribution in [-0.4, -0.2) is 23.0 Å². The highest BCUT2D eigenvalue weighted by atomic mass is 19.1. The van der Waals surface area contributed by atoms with Gasteiger partial charge in [-0.2, -0.15) is 0 Å². The first-order chi connectivity index (χ1) is 11.0. The van der Waals surface area contributed by atoms with Crippen molar-refractivity contribution in [3.05, 3.63) is 71.3 Å². The molecule has 1 atom stereocenters. The third-order valence-electron chi connectivity index (χ3n) is 3.29. The Morgan fingerprint density at radius 3 is 2.22 bits per heavy atom. The Hall–Kier alpha value is -2.76. The number of carbonyl (C=O) groups is 2. The van der Waals surface area contributed by atoms with Gasteiger partial charge < -0.3 is 10.4 Å². The third kappa shape index (κ3) is 4.88. The minimum absolute atomic E-state index is 0.170. The average molecular weight is 319 g/mol. The number of aryl methyl sites for hydroxylation is 1. The van der Waals surface area contributed by atoms with E-state index in [0.29, 0.717) is 12.5 Å². The zero-order valence-corrected chi connectivity index (χ0v) is 12.1. The van der Waals surface area contributed by atoms with Gasteiger partial charge in [0.25, 0.3) is 5.91 Å². The molecule has 6 heteroatoms. The van der Waals surface area contributed by atoms with Crippen molar-refractivity contribution in [1.29, 1.82) is 0 Å². The van der Waals surface area contributed by atoms with Gasteiger partial charge in [-0.1, -0.05) is 30.3 Å². The fraction of sp³-hybridized carbons (Fsp3) is 0.176. The van der Waals surface area contributed by atoms with Crippen molar-refractivity contribution in [3.63, 3.8) is 0 Å². The highest BCUT2D eigenvalue weighted by Crippen LogP contribution is 2.10. The number of carboxylic acids is 1. The average Bonchev–Trinajstić information content (AvgIpc) is 2.51. The number of halogens is 2. The van der Waals surface area contributed by atoms with Crippen LogP contribution in [-0.2, 0) is 11.2 Å². The second kappa shape index (κ2) is 7.49. The first kappa shape index (κ1) is 16.6. The fourth-order valence-corrected chi connectivity index (χ4v) is 2.14. The van der Waals surface area contributed by atoms with Crippen molar-refractivity contribution in [2.75, 3.05) is 0 Å². The molecule has 23 heavy (non-hydrogen) atoms. The molecule has 2 aromatic rings. The molecule has 0 radical (unpaired) electrons. The highest BCUT2D eigenvalue weighted by molar-refractivity contribution is 5.96. The van der Waals surface area contributed by atoms with Gasteiger partial charge in [-0.25, -0.2) is 13.6 Å². The predicted molar refractivity (Wildman–Crippen MR) is 80.0 cm³/mol. The van der Waals surface area contributed by atoms with Crippen LogP contribution >= 0.6 is 0 Å². The van der Waals surface area contributed by atoms with Gasteiger partial charge >= 0.3 is 5.97 Å². The Morgan fingerprint density at radius 2 is 1.65 bits per heavy atom. The Labute approximate surface area is 131 Å². The number of aliphatic carboxylic acids is 1. The van der Waals surface area contributed by atoms with Gasteiger partial charge in [0.15, 0.2) is 0 Å². The summed E-state index contributed by atoms with van der Waals surface area (Å²) in [6.07, 6.45) is 0.623. The van der Waals surface area contributed by atoms with Gasteiger partial charge in [-0.05, 0) is 30.5 Å². The summed E-state index contributed by atoms with van der Waals surface area (Å²) in [6.45, 7) is 0. The molecule has 120 valence electrons. The zero-order chi connectivity index (χ0) is 16.8. The Balaban J connectivity index is 2.04. The van der Waals surface area contributed by atoms with Crippen LogP contribution in [0.15, 0.2) is 48.5 Å². The summed E-state index contributed by atoms with van der Waals surface area (Å²) in [6, 6.07) is 10.4. The SMILES string of the molecule is O=C(N[C@@H](CCc1ccccc1)C(=O)O)c1cc(F)cc(F)c1. The number of rotatable bonds is 6. The molecule has 0 aliphatic carbocycles. The lowest BCUT2D eigenvalue weighted by atomic mass is 10.0. The lowest BCUT2D eigenvalue weighted by Crippen LogP contribution is -2.41. The number of carboxylic acid groups (broad SMARTS) is 1. The number of carbonyl (C=O) groups excluding carboxylic acids is 1. The quantitative estimate of drug-likeness (QED) is 0.860. The summed E-state index contributed by atoms with van der Waals surface area (Å²) in [7, 11) is 0. The van der Waals surface area contributed by atoms with Crippen molar-refractivity contribution < 1.29 is 23.5 Å². The van der Waals surface area contributed by atoms with Crippen LogP contribution in [0.3, 0.4) is 0 Å². The Kier molecular flexibility index (Phi) is 5.41. The van der Waals surface area contributed by atoms with Crippen LogP contribution in [0.4, 0.5) is 8.78 Å². The molecule has 0 bridgehead atoms. The van der Waals surface area contributed by atoms with E-state index in [1.54, 1.807) is 0 Å². The standard InChI is InChI=1S/C17H15F2NO3/c18-13-8-12(9-14(19)10-13)16(21)20-15(17(22)23)7-6-11-4-2-1-3-5-11/h1-5,8-10,15H,6-7H2,(H,20,21)(H,22,23)/t15-/m0/s1. The molecular weight excluding hydrogens is 304 g/mol. The largest absolute Gasteiger partial charge is 0.480 e. The van der Waals surface area contributed by atoms with Gasteiger partial charge in [0, 0.05) is 11.6 Å². The van der Waals surface area contributed by atoms with Gasteiger partial charge in [0.1, 0.15) is 17.7 Å². The lowest BCUT2D eigenvalue weighted by Gasteiger charge is -2.14. The maximum atomic E-state index is 13.1. The van der Waals surface area contributed by atoms with E-state index in [1.807, 2.05) is 30.3 Å². The predicted octanol–water partition coefficient (Wildman–Crippen LogP) is 2.78. The summed E-state index contributed by atoms with van der Waals surface area (Å²) < 4.78 is 26.2. The molecule has 0 heterocycles. The summed E-state index contributed by atoms with van der Waals surface area (Å²) >= 11 is 0. The summed E-state index contributed by atoms with van der Waals surface area (Å²) in [4.78, 5) is 23.2. The van der Waals surface area contributed by atoms with E-state index < -0.39 is 29.6 Å². The number of hydrogen-bond donors (Lipinski definition) is 2. The zero-order valence-electron chi connectivity index (χ0n) is 12.1. The van der Waals surface area contributed by atoms with E-state index in [4.69, 9.17) is 0 Å². The highest BCUT2D eigenvalue weighted by Gasteiger charge is 2.21. The van der Waals surface area contributed by atoms with Crippen LogP contribution in [0, 0.1) is 11.6 Å². The fourth-order valence-electron chi connectivity index (χ4n) is 2.14. The molecule has 2 N–H and O–H groups in total. The molecule has 2 rings (SSSR count). The van der Waals surface area contributed by atoms with Crippen molar-refractivity contribution in [2.45, 2.75) is 18.9 Å². The Bertz CT molecular complexity index is 684. The number of hydrogen-bond acceptors (Lipinski definition) is 2. The number of benzene rings is 2. The van der Waals surface area contributed by atoms with E-state index in [1.165, 1.54) is 0 Å². The van der Waals surface area contributed by atoms with Crippen molar-refractivity contribution in [3.8, 4) is 0 Å². The Morgan fingerprint density at radius 1 is 1.04 bits per heavy atom. The molecule has 0 fully saturated rings. The lowest BCUT2D eigenvalue weighted by molar-refractivity contribution is -0.139.